The Morgan fingerprint density at radius 1 is 1.40 bits per heavy atom. The third-order valence-electron chi connectivity index (χ3n) is 2.05. The van der Waals surface area contributed by atoms with Crippen LogP contribution < -0.4 is 10.1 Å². The number of nitrogens with one attached hydrogen (secondary N) is 1. The van der Waals surface area contributed by atoms with E-state index < -0.39 is 5.97 Å². The van der Waals surface area contributed by atoms with E-state index in [9.17, 15) is 9.59 Å². The third kappa shape index (κ3) is 1.85. The van der Waals surface area contributed by atoms with Gasteiger partial charge in [0, 0.05) is 6.07 Å². The predicted octanol–water partition coefficient (Wildman–Crippen LogP) is -0.0998. The Balaban J connectivity index is 2.71. The van der Waals surface area contributed by atoms with Crippen LogP contribution in [0.3, 0.4) is 0 Å². The van der Waals surface area contributed by atoms with Crippen LogP contribution in [0.5, 0.6) is 0 Å². The Bertz CT molecular complexity index is 574. The summed E-state index contributed by atoms with van der Waals surface area (Å²) >= 11 is 0. The summed E-state index contributed by atoms with van der Waals surface area (Å²) in [6.45, 7) is -0.218. The number of aliphatic carboxylic acids is 1. The first-order valence-electron chi connectivity index (χ1n) is 4.40. The van der Waals surface area contributed by atoms with E-state index in [1.54, 1.807) is 24.3 Å². The molecule has 2 aromatic rings. The Morgan fingerprint density at radius 2 is 2.13 bits per heavy atom. The summed E-state index contributed by atoms with van der Waals surface area (Å²) in [5.74, 6) is -0.976. The first-order valence-corrected chi connectivity index (χ1v) is 4.40. The van der Waals surface area contributed by atoms with Crippen LogP contribution in [0.2, 0.25) is 0 Å². The van der Waals surface area contributed by atoms with Gasteiger partial charge in [-0.2, -0.15) is 4.57 Å². The molecular formula is C10H9N2O3+. The maximum Gasteiger partial charge on any atom is 0.370 e. The number of nitrogens with zero attached hydrogens (tertiary/aromatic N) is 1. The normalized spacial score (nSPS) is 10.4. The summed E-state index contributed by atoms with van der Waals surface area (Å²) in [7, 11) is 0. The zero-order chi connectivity index (χ0) is 10.8. The molecule has 0 aliphatic rings. The van der Waals surface area contributed by atoms with Gasteiger partial charge in [-0.05, 0) is 6.07 Å². The molecule has 76 valence electrons. The topological polar surface area (TPSA) is 74.0 Å². The van der Waals surface area contributed by atoms with Gasteiger partial charge in [-0.1, -0.05) is 12.1 Å². The first kappa shape index (κ1) is 9.39. The first-order chi connectivity index (χ1) is 7.16. The van der Waals surface area contributed by atoms with Crippen molar-refractivity contribution in [1.29, 1.82) is 0 Å². The van der Waals surface area contributed by atoms with E-state index in [2.05, 4.69) is 4.98 Å². The van der Waals surface area contributed by atoms with Crippen molar-refractivity contribution >= 4 is 17.0 Å². The number of H-pyrrole nitrogens is 1. The smallest absolute Gasteiger partial charge is 0.370 e. The predicted molar refractivity (Wildman–Crippen MR) is 52.4 cm³/mol. The van der Waals surface area contributed by atoms with Gasteiger partial charge < -0.3 is 10.1 Å². The van der Waals surface area contributed by atoms with Gasteiger partial charge in [0.15, 0.2) is 0 Å². The Hall–Kier alpha value is -2.17. The second-order valence-electron chi connectivity index (χ2n) is 3.16. The highest BCUT2D eigenvalue weighted by atomic mass is 16.4. The van der Waals surface area contributed by atoms with Crippen LogP contribution in [0, 0.1) is 0 Å². The van der Waals surface area contributed by atoms with Gasteiger partial charge in [0.1, 0.15) is 5.52 Å². The average molecular weight is 205 g/mol. The number of fused-ring (bicyclic) bond motifs is 1. The molecule has 0 aliphatic carbocycles. The van der Waals surface area contributed by atoms with Crippen molar-refractivity contribution in [1.82, 2.24) is 4.98 Å². The minimum absolute atomic E-state index is 0.218. The van der Waals surface area contributed by atoms with Crippen LogP contribution in [0.15, 0.2) is 35.3 Å². The maximum atomic E-state index is 11.2. The molecule has 2 rings (SSSR count). The lowest BCUT2D eigenvalue weighted by atomic mass is 10.3. The molecule has 2 N–H and O–H groups in total. The molecule has 1 aromatic carbocycles. The standard InChI is InChI=1S/C10H8N2O3/c13-9-5-12(6-10(14)15)8-4-2-1-3-7(8)11-9/h1-5H,6H2,(H-,11,13,14,15)/p+1. The SMILES string of the molecule is O=C(O)C[n+]1cc(=O)[nH]c2ccccc21. The van der Waals surface area contributed by atoms with Crippen LogP contribution in [-0.2, 0) is 11.3 Å². The molecular weight excluding hydrogens is 196 g/mol. The van der Waals surface area contributed by atoms with Crippen molar-refractivity contribution in [3.8, 4) is 0 Å². The minimum Gasteiger partial charge on any atom is -0.477 e. The van der Waals surface area contributed by atoms with Gasteiger partial charge in [0.25, 0.3) is 0 Å². The van der Waals surface area contributed by atoms with Crippen molar-refractivity contribution in [3.63, 3.8) is 0 Å². The molecule has 0 radical (unpaired) electrons. The Morgan fingerprint density at radius 3 is 2.87 bits per heavy atom. The molecule has 0 saturated heterocycles. The van der Waals surface area contributed by atoms with Crippen molar-refractivity contribution in [2.45, 2.75) is 6.54 Å². The molecule has 1 heterocycles. The largest absolute Gasteiger partial charge is 0.477 e. The van der Waals surface area contributed by atoms with E-state index in [1.807, 2.05) is 0 Å². The summed E-state index contributed by atoms with van der Waals surface area (Å²) in [4.78, 5) is 24.4. The fraction of sp³-hybridized carbons (Fsp3) is 0.100. The van der Waals surface area contributed by atoms with Gasteiger partial charge in [-0.3, -0.25) is 4.79 Å². The highest BCUT2D eigenvalue weighted by Crippen LogP contribution is 2.02. The van der Waals surface area contributed by atoms with Crippen molar-refractivity contribution in [2.24, 2.45) is 0 Å². The summed E-state index contributed by atoms with van der Waals surface area (Å²) in [6, 6.07) is 7.06. The number of hydrogen-bond acceptors (Lipinski definition) is 2. The van der Waals surface area contributed by atoms with Crippen molar-refractivity contribution < 1.29 is 14.5 Å². The van der Waals surface area contributed by atoms with Crippen LogP contribution in [0.4, 0.5) is 0 Å². The maximum absolute atomic E-state index is 11.2. The Kier molecular flexibility index (Phi) is 2.21. The zero-order valence-electron chi connectivity index (χ0n) is 7.80. The van der Waals surface area contributed by atoms with E-state index in [0.29, 0.717) is 11.0 Å². The molecule has 0 fully saturated rings. The number of carboxylic acid groups (broad SMARTS) is 1. The summed E-state index contributed by atoms with van der Waals surface area (Å²) in [5.41, 5.74) is 1.01. The Labute approximate surface area is 84.6 Å². The van der Waals surface area contributed by atoms with Crippen LogP contribution in [0.1, 0.15) is 0 Å². The van der Waals surface area contributed by atoms with E-state index in [-0.39, 0.29) is 12.1 Å². The molecule has 5 nitrogen and oxygen atoms in total. The molecule has 15 heavy (non-hydrogen) atoms. The van der Waals surface area contributed by atoms with Gasteiger partial charge >= 0.3 is 11.5 Å². The number of carboxylic acids is 1. The number of hydrogen-bond donors (Lipinski definition) is 2. The second-order valence-corrected chi connectivity index (χ2v) is 3.16. The molecule has 0 amide bonds. The molecule has 0 bridgehead atoms. The van der Waals surface area contributed by atoms with E-state index in [1.165, 1.54) is 10.8 Å². The molecule has 0 spiro atoms. The molecule has 0 atom stereocenters. The number of aromatic nitrogens is 2. The number of para-hydroxylation sites is 2. The van der Waals surface area contributed by atoms with Crippen LogP contribution in [-0.4, -0.2) is 16.1 Å². The van der Waals surface area contributed by atoms with Gasteiger partial charge in [0.05, 0.1) is 0 Å². The lowest BCUT2D eigenvalue weighted by Crippen LogP contribution is -2.42. The lowest BCUT2D eigenvalue weighted by molar-refractivity contribution is -0.661. The van der Waals surface area contributed by atoms with Crippen LogP contribution in [0.25, 0.3) is 11.0 Å². The zero-order valence-corrected chi connectivity index (χ0v) is 7.80. The fourth-order valence-electron chi connectivity index (χ4n) is 1.48. The third-order valence-corrected chi connectivity index (χ3v) is 2.05. The van der Waals surface area contributed by atoms with Crippen molar-refractivity contribution in [2.75, 3.05) is 0 Å². The van der Waals surface area contributed by atoms with Gasteiger partial charge in [0.2, 0.25) is 18.3 Å². The number of carbonyl (C=O) groups is 1. The number of benzene rings is 1. The molecule has 5 heteroatoms. The quantitative estimate of drug-likeness (QED) is 0.672. The number of rotatable bonds is 2. The van der Waals surface area contributed by atoms with E-state index in [0.717, 1.165) is 0 Å². The lowest BCUT2D eigenvalue weighted by Gasteiger charge is -1.97. The molecule has 0 aliphatic heterocycles. The average Bonchev–Trinajstić information content (AvgIpc) is 2.16. The van der Waals surface area contributed by atoms with Gasteiger partial charge in [-0.15, -0.1) is 0 Å². The molecule has 0 saturated carbocycles. The van der Waals surface area contributed by atoms with Crippen LogP contribution >= 0.6 is 0 Å². The molecule has 0 unspecified atom stereocenters. The summed E-state index contributed by atoms with van der Waals surface area (Å²) < 4.78 is 1.41. The fourth-order valence-corrected chi connectivity index (χ4v) is 1.48. The van der Waals surface area contributed by atoms with E-state index >= 15 is 0 Å². The summed E-state index contributed by atoms with van der Waals surface area (Å²) in [6.07, 6.45) is 1.25. The minimum atomic E-state index is -0.976. The van der Waals surface area contributed by atoms with Crippen molar-refractivity contribution in [3.05, 3.63) is 40.8 Å². The molecule has 1 aromatic heterocycles. The highest BCUT2D eigenvalue weighted by Gasteiger charge is 2.13. The monoisotopic (exact) mass is 205 g/mol. The van der Waals surface area contributed by atoms with Gasteiger partial charge in [-0.25, -0.2) is 4.79 Å². The summed E-state index contributed by atoms with van der Waals surface area (Å²) in [5, 5.41) is 8.68. The highest BCUT2D eigenvalue weighted by molar-refractivity contribution is 5.71. The second kappa shape index (κ2) is 3.53. The van der Waals surface area contributed by atoms with E-state index in [4.69, 9.17) is 5.11 Å². The number of aromatic amines is 1.